The summed E-state index contributed by atoms with van der Waals surface area (Å²) in [5.74, 6) is 0.817. The van der Waals surface area contributed by atoms with Gasteiger partial charge in [-0.1, -0.05) is 54.2 Å². The van der Waals surface area contributed by atoms with E-state index in [0.717, 1.165) is 33.3 Å². The Morgan fingerprint density at radius 2 is 1.76 bits per heavy atom. The van der Waals surface area contributed by atoms with Crippen molar-refractivity contribution in [1.82, 2.24) is 4.90 Å². The maximum absolute atomic E-state index is 13.2. The summed E-state index contributed by atoms with van der Waals surface area (Å²) >= 11 is 1.66. The van der Waals surface area contributed by atoms with Crippen LogP contribution in [0, 0.1) is 0 Å². The molecule has 1 amide bonds. The Morgan fingerprint density at radius 1 is 1.00 bits per heavy atom. The quantitative estimate of drug-likeness (QED) is 0.606. The molecular weight excluding hydrogens is 380 g/mol. The minimum atomic E-state index is 0.0131. The Bertz CT molecular complexity index is 1070. The predicted molar refractivity (Wildman–Crippen MR) is 122 cm³/mol. The minimum Gasteiger partial charge on any atom is -0.497 e. The van der Waals surface area contributed by atoms with Gasteiger partial charge in [-0.2, -0.15) is 0 Å². The van der Waals surface area contributed by atoms with Crippen molar-refractivity contribution in [3.8, 4) is 5.75 Å². The summed E-state index contributed by atoms with van der Waals surface area (Å²) < 4.78 is 5.28. The van der Waals surface area contributed by atoms with Crippen molar-refractivity contribution < 1.29 is 9.53 Å². The second-order valence-corrected chi connectivity index (χ2v) is 8.32. The second-order valence-electron chi connectivity index (χ2n) is 7.27. The van der Waals surface area contributed by atoms with Crippen molar-refractivity contribution >= 4 is 39.0 Å². The first kappa shape index (κ1) is 19.6. The normalized spacial score (nSPS) is 14.0. The molecule has 0 unspecified atom stereocenters. The third kappa shape index (κ3) is 4.02. The molecule has 3 aromatic rings. The number of thioether (sulfide) groups is 1. The molecule has 1 aliphatic heterocycles. The van der Waals surface area contributed by atoms with Crippen molar-refractivity contribution in [2.45, 2.75) is 4.90 Å². The fourth-order valence-electron chi connectivity index (χ4n) is 3.43. The SMILES string of the molecule is COc1ccc(C2=CC(=O)N(CCN(C)C)c3ccc4ccccc4c3S2)cc1. The van der Waals surface area contributed by atoms with Crippen LogP contribution < -0.4 is 9.64 Å². The Morgan fingerprint density at radius 3 is 2.48 bits per heavy atom. The molecule has 0 atom stereocenters. The second kappa shape index (κ2) is 8.31. The van der Waals surface area contributed by atoms with Gasteiger partial charge in [0.15, 0.2) is 0 Å². The molecule has 1 aliphatic rings. The average Bonchev–Trinajstić information content (AvgIpc) is 2.88. The maximum atomic E-state index is 13.2. The minimum absolute atomic E-state index is 0.0131. The van der Waals surface area contributed by atoms with E-state index in [1.165, 1.54) is 10.8 Å². The van der Waals surface area contributed by atoms with Gasteiger partial charge < -0.3 is 14.5 Å². The van der Waals surface area contributed by atoms with Crippen molar-refractivity contribution in [3.05, 3.63) is 72.3 Å². The highest BCUT2D eigenvalue weighted by atomic mass is 32.2. The number of hydrogen-bond acceptors (Lipinski definition) is 4. The lowest BCUT2D eigenvalue weighted by molar-refractivity contribution is -0.114. The summed E-state index contributed by atoms with van der Waals surface area (Å²) in [5, 5.41) is 2.34. The van der Waals surface area contributed by atoms with E-state index >= 15 is 0 Å². The summed E-state index contributed by atoms with van der Waals surface area (Å²) in [6.07, 6.45) is 1.76. The summed E-state index contributed by atoms with van der Waals surface area (Å²) in [7, 11) is 5.71. The van der Waals surface area contributed by atoms with Crippen LogP contribution in [0.15, 0.2) is 71.6 Å². The van der Waals surface area contributed by atoms with Crippen LogP contribution in [0.25, 0.3) is 15.7 Å². The number of hydrogen-bond donors (Lipinski definition) is 0. The van der Waals surface area contributed by atoms with Crippen molar-refractivity contribution in [2.75, 3.05) is 39.2 Å². The van der Waals surface area contributed by atoms with E-state index in [-0.39, 0.29) is 5.91 Å². The third-order valence-corrected chi connectivity index (χ3v) is 6.23. The van der Waals surface area contributed by atoms with Crippen LogP contribution in [-0.2, 0) is 4.79 Å². The van der Waals surface area contributed by atoms with Crippen LogP contribution in [0.5, 0.6) is 5.75 Å². The van der Waals surface area contributed by atoms with Gasteiger partial charge >= 0.3 is 0 Å². The van der Waals surface area contributed by atoms with Crippen LogP contribution in [0.4, 0.5) is 5.69 Å². The molecular formula is C24H24N2O2S. The monoisotopic (exact) mass is 404 g/mol. The van der Waals surface area contributed by atoms with Crippen LogP contribution in [0.2, 0.25) is 0 Å². The lowest BCUT2D eigenvalue weighted by Gasteiger charge is -2.24. The fraction of sp³-hybridized carbons (Fsp3) is 0.208. The van der Waals surface area contributed by atoms with E-state index in [0.29, 0.717) is 6.54 Å². The molecule has 0 fully saturated rings. The van der Waals surface area contributed by atoms with E-state index < -0.39 is 0 Å². The molecule has 1 heterocycles. The van der Waals surface area contributed by atoms with Gasteiger partial charge in [0, 0.05) is 29.0 Å². The number of methoxy groups -OCH3 is 1. The van der Waals surface area contributed by atoms with Gasteiger partial charge in [0.2, 0.25) is 0 Å². The smallest absolute Gasteiger partial charge is 0.252 e. The fourth-order valence-corrected chi connectivity index (χ4v) is 4.64. The number of rotatable bonds is 5. The molecule has 0 N–H and O–H groups in total. The molecule has 5 heteroatoms. The molecule has 0 aromatic heterocycles. The Kier molecular flexibility index (Phi) is 5.60. The van der Waals surface area contributed by atoms with Crippen LogP contribution in [-0.4, -0.2) is 45.1 Å². The number of carbonyl (C=O) groups excluding carboxylic acids is 1. The number of amides is 1. The summed E-state index contributed by atoms with van der Waals surface area (Å²) in [6, 6.07) is 20.4. The highest BCUT2D eigenvalue weighted by Gasteiger charge is 2.25. The Balaban J connectivity index is 1.84. The van der Waals surface area contributed by atoms with Gasteiger partial charge in [-0.3, -0.25) is 4.79 Å². The first-order valence-electron chi connectivity index (χ1n) is 9.59. The molecule has 29 heavy (non-hydrogen) atoms. The van der Waals surface area contributed by atoms with Gasteiger partial charge in [0.25, 0.3) is 5.91 Å². The number of likely N-dealkylation sites (N-methyl/N-ethyl adjacent to an activating group) is 1. The lowest BCUT2D eigenvalue weighted by atomic mass is 10.1. The van der Waals surface area contributed by atoms with Gasteiger partial charge in [0.05, 0.1) is 12.8 Å². The Labute approximate surface area is 175 Å². The van der Waals surface area contributed by atoms with E-state index in [1.807, 2.05) is 49.3 Å². The zero-order valence-corrected chi connectivity index (χ0v) is 17.7. The largest absolute Gasteiger partial charge is 0.497 e. The number of benzene rings is 3. The van der Waals surface area contributed by atoms with Crippen LogP contribution in [0.1, 0.15) is 5.56 Å². The van der Waals surface area contributed by atoms with E-state index in [1.54, 1.807) is 24.9 Å². The molecule has 4 rings (SSSR count). The Hall–Kier alpha value is -2.76. The lowest BCUT2D eigenvalue weighted by Crippen LogP contribution is -2.35. The van der Waals surface area contributed by atoms with Gasteiger partial charge in [0.1, 0.15) is 5.75 Å². The highest BCUT2D eigenvalue weighted by molar-refractivity contribution is 8.08. The third-order valence-electron chi connectivity index (χ3n) is 5.03. The van der Waals surface area contributed by atoms with E-state index in [9.17, 15) is 4.79 Å². The molecule has 0 radical (unpaired) electrons. The molecule has 0 saturated carbocycles. The van der Waals surface area contributed by atoms with Crippen molar-refractivity contribution in [1.29, 1.82) is 0 Å². The molecule has 0 aliphatic carbocycles. The van der Waals surface area contributed by atoms with E-state index in [2.05, 4.69) is 35.2 Å². The number of carbonyl (C=O) groups is 1. The summed E-state index contributed by atoms with van der Waals surface area (Å²) in [4.78, 5) is 19.3. The van der Waals surface area contributed by atoms with E-state index in [4.69, 9.17) is 4.74 Å². The highest BCUT2D eigenvalue weighted by Crippen LogP contribution is 2.46. The number of nitrogens with zero attached hydrogens (tertiary/aromatic N) is 2. The molecule has 0 saturated heterocycles. The molecule has 0 bridgehead atoms. The van der Waals surface area contributed by atoms with Gasteiger partial charge in [-0.05, 0) is 48.6 Å². The summed E-state index contributed by atoms with van der Waals surface area (Å²) in [5.41, 5.74) is 1.98. The zero-order chi connectivity index (χ0) is 20.4. The van der Waals surface area contributed by atoms with Crippen LogP contribution in [0.3, 0.4) is 0 Å². The molecule has 0 spiro atoms. The zero-order valence-electron chi connectivity index (χ0n) is 16.9. The number of fused-ring (bicyclic) bond motifs is 3. The maximum Gasteiger partial charge on any atom is 0.252 e. The molecule has 148 valence electrons. The molecule has 3 aromatic carbocycles. The van der Waals surface area contributed by atoms with Crippen molar-refractivity contribution in [2.24, 2.45) is 0 Å². The van der Waals surface area contributed by atoms with Crippen molar-refractivity contribution in [3.63, 3.8) is 0 Å². The van der Waals surface area contributed by atoms with Gasteiger partial charge in [-0.15, -0.1) is 0 Å². The van der Waals surface area contributed by atoms with Crippen LogP contribution >= 0.6 is 11.8 Å². The number of anilines is 1. The number of ether oxygens (including phenoxy) is 1. The van der Waals surface area contributed by atoms with Gasteiger partial charge in [-0.25, -0.2) is 0 Å². The topological polar surface area (TPSA) is 32.8 Å². The predicted octanol–water partition coefficient (Wildman–Crippen LogP) is 4.89. The average molecular weight is 405 g/mol. The first-order valence-corrected chi connectivity index (χ1v) is 10.4. The standard InChI is InChI=1S/C24H24N2O2S/c1-25(2)14-15-26-21-13-10-17-6-4-5-7-20(17)24(21)29-22(16-23(26)27)18-8-11-19(28-3)12-9-18/h4-13,16H,14-15H2,1-3H3. The summed E-state index contributed by atoms with van der Waals surface area (Å²) in [6.45, 7) is 1.44. The molecule has 4 nitrogen and oxygen atoms in total. The first-order chi connectivity index (χ1) is 14.1.